The summed E-state index contributed by atoms with van der Waals surface area (Å²) >= 11 is 3.56. The maximum absolute atomic E-state index is 13.5. The fraction of sp³-hybridized carbons (Fsp3) is 0.600. The van der Waals surface area contributed by atoms with Gasteiger partial charge in [0.25, 0.3) is 0 Å². The summed E-state index contributed by atoms with van der Waals surface area (Å²) in [5, 5.41) is 0. The molecule has 1 aliphatic rings. The minimum absolute atomic E-state index is 0.161. The summed E-state index contributed by atoms with van der Waals surface area (Å²) in [6.07, 6.45) is 6.25. The van der Waals surface area contributed by atoms with Crippen LogP contribution in [0, 0.1) is 11.6 Å². The smallest absolute Gasteiger partial charge is 0.162 e. The van der Waals surface area contributed by atoms with Gasteiger partial charge in [0.05, 0.1) is 6.10 Å². The van der Waals surface area contributed by atoms with Gasteiger partial charge in [-0.05, 0) is 50.2 Å². The summed E-state index contributed by atoms with van der Waals surface area (Å²) in [7, 11) is 0. The van der Waals surface area contributed by atoms with Crippen molar-refractivity contribution in [1.82, 2.24) is 0 Å². The van der Waals surface area contributed by atoms with Crippen molar-refractivity contribution in [1.29, 1.82) is 0 Å². The molecule has 2 rings (SSSR count). The van der Waals surface area contributed by atoms with Crippen LogP contribution in [0.25, 0.3) is 0 Å². The van der Waals surface area contributed by atoms with E-state index in [9.17, 15) is 8.78 Å². The molecule has 0 amide bonds. The molecule has 0 saturated carbocycles. The van der Waals surface area contributed by atoms with Gasteiger partial charge in [0.15, 0.2) is 11.6 Å². The molecule has 0 bridgehead atoms. The SMILES string of the molecule is Fc1cccc(CC(Br)CCC2CCCCO2)c1F. The lowest BCUT2D eigenvalue weighted by molar-refractivity contribution is 0.0102. The lowest BCUT2D eigenvalue weighted by Gasteiger charge is -2.23. The van der Waals surface area contributed by atoms with Gasteiger partial charge in [0, 0.05) is 11.4 Å². The molecule has 1 nitrogen and oxygen atoms in total. The van der Waals surface area contributed by atoms with E-state index in [4.69, 9.17) is 4.74 Å². The lowest BCUT2D eigenvalue weighted by atomic mass is 10.0. The van der Waals surface area contributed by atoms with E-state index < -0.39 is 11.6 Å². The molecule has 1 fully saturated rings. The summed E-state index contributed by atoms with van der Waals surface area (Å²) in [4.78, 5) is 0.161. The van der Waals surface area contributed by atoms with E-state index in [0.29, 0.717) is 18.1 Å². The number of benzene rings is 1. The van der Waals surface area contributed by atoms with E-state index in [2.05, 4.69) is 15.9 Å². The van der Waals surface area contributed by atoms with Crippen molar-refractivity contribution in [3.05, 3.63) is 35.4 Å². The Kier molecular flexibility index (Phi) is 5.76. The molecule has 2 atom stereocenters. The molecule has 106 valence electrons. The molecule has 4 heteroatoms. The van der Waals surface area contributed by atoms with Crippen LogP contribution in [0.5, 0.6) is 0 Å². The van der Waals surface area contributed by atoms with Crippen molar-refractivity contribution in [3.63, 3.8) is 0 Å². The molecule has 2 unspecified atom stereocenters. The zero-order chi connectivity index (χ0) is 13.7. The summed E-state index contributed by atoms with van der Waals surface area (Å²) < 4.78 is 32.3. The first-order valence-electron chi connectivity index (χ1n) is 6.85. The number of halogens is 3. The van der Waals surface area contributed by atoms with Crippen LogP contribution in [-0.2, 0) is 11.2 Å². The van der Waals surface area contributed by atoms with Gasteiger partial charge in [0.2, 0.25) is 0 Å². The predicted molar refractivity (Wildman–Crippen MR) is 75.6 cm³/mol. The number of hydrogen-bond donors (Lipinski definition) is 0. The molecule has 1 heterocycles. The summed E-state index contributed by atoms with van der Waals surface area (Å²) in [6, 6.07) is 4.35. The largest absolute Gasteiger partial charge is 0.378 e. The molecular weight excluding hydrogens is 314 g/mol. The summed E-state index contributed by atoms with van der Waals surface area (Å²) in [5.41, 5.74) is 0.437. The van der Waals surface area contributed by atoms with Crippen LogP contribution in [0.1, 0.15) is 37.7 Å². The molecule has 0 aromatic heterocycles. The first-order valence-corrected chi connectivity index (χ1v) is 7.77. The normalized spacial score (nSPS) is 21.3. The van der Waals surface area contributed by atoms with Crippen LogP contribution in [0.2, 0.25) is 0 Å². The maximum atomic E-state index is 13.5. The first-order chi connectivity index (χ1) is 9.16. The Morgan fingerprint density at radius 2 is 2.16 bits per heavy atom. The van der Waals surface area contributed by atoms with Gasteiger partial charge in [-0.3, -0.25) is 0 Å². The van der Waals surface area contributed by atoms with Crippen molar-refractivity contribution in [3.8, 4) is 0 Å². The Morgan fingerprint density at radius 1 is 1.32 bits per heavy atom. The van der Waals surface area contributed by atoms with Crippen LogP contribution in [-0.4, -0.2) is 17.5 Å². The quantitative estimate of drug-likeness (QED) is 0.715. The highest BCUT2D eigenvalue weighted by atomic mass is 79.9. The zero-order valence-electron chi connectivity index (χ0n) is 10.9. The Bertz CT molecular complexity index is 405. The van der Waals surface area contributed by atoms with Crippen molar-refractivity contribution < 1.29 is 13.5 Å². The highest BCUT2D eigenvalue weighted by molar-refractivity contribution is 9.09. The van der Waals surface area contributed by atoms with Crippen molar-refractivity contribution >= 4 is 15.9 Å². The Labute approximate surface area is 121 Å². The first kappa shape index (κ1) is 14.9. The third kappa shape index (κ3) is 4.53. The molecule has 0 aliphatic carbocycles. The third-order valence-electron chi connectivity index (χ3n) is 3.55. The Morgan fingerprint density at radius 3 is 2.89 bits per heavy atom. The summed E-state index contributed by atoms with van der Waals surface area (Å²) in [6.45, 7) is 0.857. The minimum atomic E-state index is -0.771. The molecule has 0 N–H and O–H groups in total. The molecule has 1 aromatic rings. The van der Waals surface area contributed by atoms with Gasteiger partial charge in [-0.1, -0.05) is 28.1 Å². The van der Waals surface area contributed by atoms with E-state index in [1.54, 1.807) is 12.1 Å². The van der Waals surface area contributed by atoms with E-state index in [-0.39, 0.29) is 4.83 Å². The fourth-order valence-electron chi connectivity index (χ4n) is 2.45. The monoisotopic (exact) mass is 332 g/mol. The minimum Gasteiger partial charge on any atom is -0.378 e. The van der Waals surface area contributed by atoms with Crippen LogP contribution < -0.4 is 0 Å². The Hall–Kier alpha value is -0.480. The lowest BCUT2D eigenvalue weighted by Crippen LogP contribution is -2.20. The van der Waals surface area contributed by atoms with E-state index in [1.165, 1.54) is 6.42 Å². The van der Waals surface area contributed by atoms with Gasteiger partial charge in [-0.15, -0.1) is 0 Å². The number of ether oxygens (including phenoxy) is 1. The Balaban J connectivity index is 1.80. The van der Waals surface area contributed by atoms with Crippen LogP contribution in [0.15, 0.2) is 18.2 Å². The fourth-order valence-corrected chi connectivity index (χ4v) is 3.06. The van der Waals surface area contributed by atoms with Gasteiger partial charge >= 0.3 is 0 Å². The van der Waals surface area contributed by atoms with Gasteiger partial charge in [-0.25, -0.2) is 8.78 Å². The second kappa shape index (κ2) is 7.34. The highest BCUT2D eigenvalue weighted by Gasteiger charge is 2.17. The van der Waals surface area contributed by atoms with Crippen LogP contribution in [0.3, 0.4) is 0 Å². The van der Waals surface area contributed by atoms with Gasteiger partial charge in [-0.2, -0.15) is 0 Å². The molecule has 0 radical (unpaired) electrons. The number of hydrogen-bond acceptors (Lipinski definition) is 1. The van der Waals surface area contributed by atoms with Crippen molar-refractivity contribution in [2.75, 3.05) is 6.61 Å². The molecule has 1 aliphatic heterocycles. The molecule has 1 saturated heterocycles. The third-order valence-corrected chi connectivity index (χ3v) is 4.33. The second-order valence-corrected chi connectivity index (χ2v) is 6.38. The predicted octanol–water partition coefficient (Wildman–Crippen LogP) is 4.62. The highest BCUT2D eigenvalue weighted by Crippen LogP contribution is 2.23. The molecule has 19 heavy (non-hydrogen) atoms. The molecule has 1 aromatic carbocycles. The van der Waals surface area contributed by atoms with E-state index in [0.717, 1.165) is 38.4 Å². The van der Waals surface area contributed by atoms with Gasteiger partial charge in [0.1, 0.15) is 0 Å². The van der Waals surface area contributed by atoms with Crippen LogP contribution in [0.4, 0.5) is 8.78 Å². The number of alkyl halides is 1. The molecular formula is C15H19BrF2O. The molecule has 0 spiro atoms. The van der Waals surface area contributed by atoms with Gasteiger partial charge < -0.3 is 4.74 Å². The van der Waals surface area contributed by atoms with Crippen molar-refractivity contribution in [2.45, 2.75) is 49.5 Å². The maximum Gasteiger partial charge on any atom is 0.162 e. The summed E-state index contributed by atoms with van der Waals surface area (Å²) in [5.74, 6) is -1.49. The topological polar surface area (TPSA) is 9.23 Å². The van der Waals surface area contributed by atoms with Crippen molar-refractivity contribution in [2.24, 2.45) is 0 Å². The zero-order valence-corrected chi connectivity index (χ0v) is 12.5. The second-order valence-electron chi connectivity index (χ2n) is 5.08. The average Bonchev–Trinajstić information content (AvgIpc) is 2.43. The standard InChI is InChI=1S/C15H19BrF2O/c16-12(7-8-13-5-1-2-9-19-13)10-11-4-3-6-14(17)15(11)18/h3-4,6,12-13H,1-2,5,7-10H2. The van der Waals surface area contributed by atoms with Crippen LogP contribution >= 0.6 is 15.9 Å². The van der Waals surface area contributed by atoms with E-state index >= 15 is 0 Å². The van der Waals surface area contributed by atoms with E-state index in [1.807, 2.05) is 0 Å². The number of rotatable bonds is 5. The average molecular weight is 333 g/mol.